The molecular weight excluding hydrogens is 230 g/mol. The second kappa shape index (κ2) is 7.57. The molecule has 1 aromatic carbocycles. The number of anilines is 1. The van der Waals surface area contributed by atoms with E-state index in [-0.39, 0.29) is 0 Å². The first-order valence-electron chi connectivity index (χ1n) is 7.90. The van der Waals surface area contributed by atoms with Crippen molar-refractivity contribution in [1.82, 2.24) is 0 Å². The third-order valence-electron chi connectivity index (χ3n) is 3.85. The molecule has 0 bridgehead atoms. The van der Waals surface area contributed by atoms with Gasteiger partial charge in [-0.05, 0) is 35.8 Å². The molecule has 1 rings (SSSR count). The summed E-state index contributed by atoms with van der Waals surface area (Å²) in [6.45, 7) is 13.7. The minimum absolute atomic E-state index is 0.570. The standard InChI is InChI=1S/C18H31N/c1-7-10-15(8-2)19-18-16(13(3)4)11-9-12-17(18)14(5)6/h9,11-15,19H,7-8,10H2,1-6H3. The lowest BCUT2D eigenvalue weighted by Crippen LogP contribution is -2.20. The summed E-state index contributed by atoms with van der Waals surface area (Å²) >= 11 is 0. The Kier molecular flexibility index (Phi) is 6.41. The molecule has 1 aromatic rings. The van der Waals surface area contributed by atoms with Crippen molar-refractivity contribution in [2.75, 3.05) is 5.32 Å². The minimum Gasteiger partial charge on any atom is -0.382 e. The van der Waals surface area contributed by atoms with E-state index in [1.165, 1.54) is 36.1 Å². The van der Waals surface area contributed by atoms with Crippen molar-refractivity contribution in [3.63, 3.8) is 0 Å². The Bertz CT molecular complexity index is 353. The van der Waals surface area contributed by atoms with E-state index < -0.39 is 0 Å². The lowest BCUT2D eigenvalue weighted by molar-refractivity contribution is 0.619. The second-order valence-corrected chi connectivity index (χ2v) is 6.16. The van der Waals surface area contributed by atoms with Gasteiger partial charge in [0.1, 0.15) is 0 Å². The van der Waals surface area contributed by atoms with Crippen LogP contribution >= 0.6 is 0 Å². The van der Waals surface area contributed by atoms with Crippen LogP contribution in [0.1, 0.15) is 83.8 Å². The molecule has 0 aliphatic carbocycles. The number of hydrogen-bond donors (Lipinski definition) is 1. The SMILES string of the molecule is CCCC(CC)Nc1c(C(C)C)cccc1C(C)C. The molecule has 1 atom stereocenters. The van der Waals surface area contributed by atoms with Crippen LogP contribution in [0.4, 0.5) is 5.69 Å². The van der Waals surface area contributed by atoms with Gasteiger partial charge in [0.15, 0.2) is 0 Å². The molecule has 1 nitrogen and oxygen atoms in total. The Balaban J connectivity index is 3.13. The fourth-order valence-corrected chi connectivity index (χ4v) is 2.65. The van der Waals surface area contributed by atoms with Gasteiger partial charge in [-0.1, -0.05) is 66.2 Å². The van der Waals surface area contributed by atoms with Crippen LogP contribution < -0.4 is 5.32 Å². The van der Waals surface area contributed by atoms with Gasteiger partial charge in [-0.25, -0.2) is 0 Å². The first-order chi connectivity index (χ1) is 9.01. The Morgan fingerprint density at radius 2 is 1.47 bits per heavy atom. The number of rotatable bonds is 7. The van der Waals surface area contributed by atoms with E-state index in [0.29, 0.717) is 17.9 Å². The maximum absolute atomic E-state index is 3.83. The molecule has 0 fully saturated rings. The number of benzene rings is 1. The highest BCUT2D eigenvalue weighted by molar-refractivity contribution is 5.60. The summed E-state index contributed by atoms with van der Waals surface area (Å²) in [5.74, 6) is 1.14. The number of para-hydroxylation sites is 1. The van der Waals surface area contributed by atoms with Gasteiger partial charge in [0.25, 0.3) is 0 Å². The maximum Gasteiger partial charge on any atom is 0.0412 e. The zero-order valence-electron chi connectivity index (χ0n) is 13.6. The van der Waals surface area contributed by atoms with E-state index in [1.54, 1.807) is 0 Å². The van der Waals surface area contributed by atoms with E-state index >= 15 is 0 Å². The molecule has 0 amide bonds. The van der Waals surface area contributed by atoms with E-state index in [1.807, 2.05) is 0 Å². The van der Waals surface area contributed by atoms with Crippen molar-refractivity contribution in [2.45, 2.75) is 78.7 Å². The fraction of sp³-hybridized carbons (Fsp3) is 0.667. The van der Waals surface area contributed by atoms with Crippen LogP contribution in [-0.4, -0.2) is 6.04 Å². The Morgan fingerprint density at radius 1 is 0.947 bits per heavy atom. The number of hydrogen-bond acceptors (Lipinski definition) is 1. The lowest BCUT2D eigenvalue weighted by Gasteiger charge is -2.25. The third kappa shape index (κ3) is 4.26. The predicted octanol–water partition coefficient (Wildman–Crippen LogP) is 5.92. The van der Waals surface area contributed by atoms with Gasteiger partial charge in [0.2, 0.25) is 0 Å². The van der Waals surface area contributed by atoms with E-state index in [2.05, 4.69) is 65.1 Å². The van der Waals surface area contributed by atoms with Gasteiger partial charge in [-0.2, -0.15) is 0 Å². The largest absolute Gasteiger partial charge is 0.382 e. The van der Waals surface area contributed by atoms with Crippen molar-refractivity contribution in [2.24, 2.45) is 0 Å². The summed E-state index contributed by atoms with van der Waals surface area (Å²) in [6.07, 6.45) is 3.69. The molecule has 1 unspecified atom stereocenters. The van der Waals surface area contributed by atoms with Gasteiger partial charge in [0, 0.05) is 11.7 Å². The zero-order valence-corrected chi connectivity index (χ0v) is 13.6. The van der Waals surface area contributed by atoms with Crippen LogP contribution in [0.5, 0.6) is 0 Å². The molecular formula is C18H31N. The molecule has 0 radical (unpaired) electrons. The van der Waals surface area contributed by atoms with Crippen LogP contribution in [0.3, 0.4) is 0 Å². The summed E-state index contributed by atoms with van der Waals surface area (Å²) in [6, 6.07) is 7.36. The van der Waals surface area contributed by atoms with Crippen molar-refractivity contribution < 1.29 is 0 Å². The summed E-state index contributed by atoms with van der Waals surface area (Å²) in [4.78, 5) is 0. The van der Waals surface area contributed by atoms with E-state index in [0.717, 1.165) is 0 Å². The van der Waals surface area contributed by atoms with Crippen LogP contribution in [0.15, 0.2) is 18.2 Å². The van der Waals surface area contributed by atoms with Gasteiger partial charge in [-0.3, -0.25) is 0 Å². The van der Waals surface area contributed by atoms with Crippen LogP contribution in [0, 0.1) is 0 Å². The van der Waals surface area contributed by atoms with Gasteiger partial charge in [-0.15, -0.1) is 0 Å². The highest BCUT2D eigenvalue weighted by Gasteiger charge is 2.16. The molecule has 108 valence electrons. The molecule has 0 aromatic heterocycles. The second-order valence-electron chi connectivity index (χ2n) is 6.16. The fourth-order valence-electron chi connectivity index (χ4n) is 2.65. The average Bonchev–Trinajstić information content (AvgIpc) is 2.37. The first kappa shape index (κ1) is 16.1. The van der Waals surface area contributed by atoms with Crippen molar-refractivity contribution in [3.05, 3.63) is 29.3 Å². The topological polar surface area (TPSA) is 12.0 Å². The highest BCUT2D eigenvalue weighted by atomic mass is 14.9. The number of nitrogens with one attached hydrogen (secondary N) is 1. The monoisotopic (exact) mass is 261 g/mol. The van der Waals surface area contributed by atoms with E-state index in [4.69, 9.17) is 0 Å². The minimum atomic E-state index is 0.570. The van der Waals surface area contributed by atoms with Crippen LogP contribution in [-0.2, 0) is 0 Å². The molecule has 0 spiro atoms. The summed E-state index contributed by atoms with van der Waals surface area (Å²) in [5, 5.41) is 3.83. The smallest absolute Gasteiger partial charge is 0.0412 e. The van der Waals surface area contributed by atoms with E-state index in [9.17, 15) is 0 Å². The molecule has 0 aliphatic rings. The average molecular weight is 261 g/mol. The first-order valence-corrected chi connectivity index (χ1v) is 7.90. The Morgan fingerprint density at radius 3 is 1.84 bits per heavy atom. The molecule has 1 heteroatoms. The maximum atomic E-state index is 3.83. The van der Waals surface area contributed by atoms with Crippen molar-refractivity contribution in [1.29, 1.82) is 0 Å². The van der Waals surface area contributed by atoms with Gasteiger partial charge in [0.05, 0.1) is 0 Å². The summed E-state index contributed by atoms with van der Waals surface area (Å²) in [7, 11) is 0. The normalized spacial score (nSPS) is 13.1. The molecule has 0 saturated carbocycles. The zero-order chi connectivity index (χ0) is 14.4. The molecule has 19 heavy (non-hydrogen) atoms. The van der Waals surface area contributed by atoms with Gasteiger partial charge >= 0.3 is 0 Å². The van der Waals surface area contributed by atoms with Crippen LogP contribution in [0.2, 0.25) is 0 Å². The van der Waals surface area contributed by atoms with Crippen LogP contribution in [0.25, 0.3) is 0 Å². The molecule has 0 saturated heterocycles. The van der Waals surface area contributed by atoms with Crippen molar-refractivity contribution in [3.8, 4) is 0 Å². The molecule has 0 aliphatic heterocycles. The van der Waals surface area contributed by atoms with Gasteiger partial charge < -0.3 is 5.32 Å². The summed E-state index contributed by atoms with van der Waals surface area (Å²) in [5.41, 5.74) is 4.31. The third-order valence-corrected chi connectivity index (χ3v) is 3.85. The summed E-state index contributed by atoms with van der Waals surface area (Å²) < 4.78 is 0. The molecule has 1 N–H and O–H groups in total. The quantitative estimate of drug-likeness (QED) is 0.642. The van der Waals surface area contributed by atoms with Crippen molar-refractivity contribution >= 4 is 5.69 Å². The Hall–Kier alpha value is -0.980. The Labute approximate surface area is 119 Å². The molecule has 0 heterocycles. The lowest BCUT2D eigenvalue weighted by atomic mass is 9.92. The highest BCUT2D eigenvalue weighted by Crippen LogP contribution is 2.33. The predicted molar refractivity (Wildman–Crippen MR) is 87.2 cm³/mol.